The second-order valence-corrected chi connectivity index (χ2v) is 7.74. The number of hydrogen-bond donors (Lipinski definition) is 2. The SMILES string of the molecule is CCCc1ccc(N2CC(C(=O)Nc3ccc(O)c(C(C)C)c3)CC2=O)cc1. The van der Waals surface area contributed by atoms with E-state index in [1.54, 1.807) is 23.1 Å². The average molecular weight is 380 g/mol. The van der Waals surface area contributed by atoms with E-state index in [2.05, 4.69) is 12.2 Å². The number of phenolic OH excluding ortho intramolecular Hbond substituents is 1. The van der Waals surface area contributed by atoms with Crippen LogP contribution in [0.4, 0.5) is 11.4 Å². The molecule has 1 fully saturated rings. The molecule has 2 aromatic carbocycles. The number of rotatable bonds is 6. The van der Waals surface area contributed by atoms with Gasteiger partial charge in [0.1, 0.15) is 5.75 Å². The van der Waals surface area contributed by atoms with Gasteiger partial charge in [-0.1, -0.05) is 39.3 Å². The van der Waals surface area contributed by atoms with Crippen molar-refractivity contribution >= 4 is 23.2 Å². The van der Waals surface area contributed by atoms with Crippen molar-refractivity contribution in [3.05, 3.63) is 53.6 Å². The lowest BCUT2D eigenvalue weighted by Crippen LogP contribution is -2.28. The molecule has 1 atom stereocenters. The van der Waals surface area contributed by atoms with Crippen LogP contribution in [0.5, 0.6) is 5.75 Å². The van der Waals surface area contributed by atoms with E-state index >= 15 is 0 Å². The van der Waals surface area contributed by atoms with E-state index in [9.17, 15) is 14.7 Å². The van der Waals surface area contributed by atoms with Gasteiger partial charge in [-0.25, -0.2) is 0 Å². The topological polar surface area (TPSA) is 69.6 Å². The van der Waals surface area contributed by atoms with Crippen molar-refractivity contribution in [2.24, 2.45) is 5.92 Å². The largest absolute Gasteiger partial charge is 0.508 e. The van der Waals surface area contributed by atoms with Crippen LogP contribution in [0.1, 0.15) is 50.7 Å². The summed E-state index contributed by atoms with van der Waals surface area (Å²) in [6, 6.07) is 13.1. The number of anilines is 2. The molecule has 1 heterocycles. The van der Waals surface area contributed by atoms with E-state index in [1.165, 1.54) is 5.56 Å². The Balaban J connectivity index is 1.67. The highest BCUT2D eigenvalue weighted by Gasteiger charge is 2.35. The average Bonchev–Trinajstić information content (AvgIpc) is 3.06. The molecule has 5 heteroatoms. The summed E-state index contributed by atoms with van der Waals surface area (Å²) in [4.78, 5) is 26.8. The number of aromatic hydroxyl groups is 1. The Morgan fingerprint density at radius 1 is 1.21 bits per heavy atom. The molecule has 0 aliphatic carbocycles. The fraction of sp³-hybridized carbons (Fsp3) is 0.391. The molecule has 0 aromatic heterocycles. The van der Waals surface area contributed by atoms with Crippen molar-refractivity contribution in [1.29, 1.82) is 0 Å². The summed E-state index contributed by atoms with van der Waals surface area (Å²) >= 11 is 0. The fourth-order valence-electron chi connectivity index (χ4n) is 3.60. The lowest BCUT2D eigenvalue weighted by molar-refractivity contribution is -0.122. The van der Waals surface area contributed by atoms with Crippen LogP contribution in [0, 0.1) is 5.92 Å². The predicted molar refractivity (Wildman–Crippen MR) is 112 cm³/mol. The van der Waals surface area contributed by atoms with Crippen LogP contribution in [0.15, 0.2) is 42.5 Å². The van der Waals surface area contributed by atoms with Crippen molar-refractivity contribution in [1.82, 2.24) is 0 Å². The van der Waals surface area contributed by atoms with Crippen molar-refractivity contribution in [3.63, 3.8) is 0 Å². The van der Waals surface area contributed by atoms with Gasteiger partial charge in [-0.15, -0.1) is 0 Å². The number of carbonyl (C=O) groups is 2. The smallest absolute Gasteiger partial charge is 0.229 e. The first-order valence-corrected chi connectivity index (χ1v) is 9.92. The summed E-state index contributed by atoms with van der Waals surface area (Å²) in [6.45, 7) is 6.49. The minimum Gasteiger partial charge on any atom is -0.508 e. The van der Waals surface area contributed by atoms with E-state index in [0.717, 1.165) is 24.1 Å². The van der Waals surface area contributed by atoms with Gasteiger partial charge < -0.3 is 15.3 Å². The number of hydrogen-bond acceptors (Lipinski definition) is 3. The van der Waals surface area contributed by atoms with E-state index in [4.69, 9.17) is 0 Å². The molecule has 2 amide bonds. The molecule has 0 bridgehead atoms. The Bertz CT molecular complexity index is 859. The summed E-state index contributed by atoms with van der Waals surface area (Å²) in [7, 11) is 0. The van der Waals surface area contributed by atoms with Crippen molar-refractivity contribution in [3.8, 4) is 5.75 Å². The molecule has 2 aromatic rings. The number of nitrogens with one attached hydrogen (secondary N) is 1. The van der Waals surface area contributed by atoms with Crippen LogP contribution >= 0.6 is 0 Å². The Labute approximate surface area is 166 Å². The Hall–Kier alpha value is -2.82. The van der Waals surface area contributed by atoms with E-state index in [-0.39, 0.29) is 35.8 Å². The van der Waals surface area contributed by atoms with Gasteiger partial charge in [0.2, 0.25) is 11.8 Å². The third-order valence-electron chi connectivity index (χ3n) is 5.20. The van der Waals surface area contributed by atoms with Crippen LogP contribution in [0.3, 0.4) is 0 Å². The van der Waals surface area contributed by atoms with Gasteiger partial charge in [-0.05, 0) is 53.8 Å². The molecule has 1 saturated heterocycles. The zero-order valence-electron chi connectivity index (χ0n) is 16.7. The van der Waals surface area contributed by atoms with Crippen LogP contribution in [-0.4, -0.2) is 23.5 Å². The summed E-state index contributed by atoms with van der Waals surface area (Å²) < 4.78 is 0. The minimum absolute atomic E-state index is 0.0306. The van der Waals surface area contributed by atoms with E-state index in [0.29, 0.717) is 12.2 Å². The summed E-state index contributed by atoms with van der Waals surface area (Å²) in [5.41, 5.74) is 3.52. The molecule has 5 nitrogen and oxygen atoms in total. The molecular weight excluding hydrogens is 352 g/mol. The molecule has 2 N–H and O–H groups in total. The lowest BCUT2D eigenvalue weighted by atomic mass is 10.0. The predicted octanol–water partition coefficient (Wildman–Crippen LogP) is 4.46. The number of benzene rings is 2. The zero-order valence-corrected chi connectivity index (χ0v) is 16.7. The molecule has 0 spiro atoms. The fourth-order valence-corrected chi connectivity index (χ4v) is 3.60. The van der Waals surface area contributed by atoms with Crippen LogP contribution in [0.2, 0.25) is 0 Å². The molecule has 148 valence electrons. The number of amides is 2. The first-order valence-electron chi connectivity index (χ1n) is 9.92. The van der Waals surface area contributed by atoms with E-state index < -0.39 is 0 Å². The summed E-state index contributed by atoms with van der Waals surface area (Å²) in [5, 5.41) is 12.8. The van der Waals surface area contributed by atoms with Crippen LogP contribution in [0.25, 0.3) is 0 Å². The Morgan fingerprint density at radius 3 is 2.57 bits per heavy atom. The maximum atomic E-state index is 12.7. The third-order valence-corrected chi connectivity index (χ3v) is 5.20. The zero-order chi connectivity index (χ0) is 20.3. The van der Waals surface area contributed by atoms with E-state index in [1.807, 2.05) is 38.1 Å². The molecule has 1 aliphatic rings. The molecule has 28 heavy (non-hydrogen) atoms. The van der Waals surface area contributed by atoms with Gasteiger partial charge >= 0.3 is 0 Å². The first kappa shape index (κ1) is 19.9. The highest BCUT2D eigenvalue weighted by molar-refractivity contribution is 6.03. The highest BCUT2D eigenvalue weighted by Crippen LogP contribution is 2.30. The maximum absolute atomic E-state index is 12.7. The number of aryl methyl sites for hydroxylation is 1. The van der Waals surface area contributed by atoms with Gasteiger partial charge in [-0.2, -0.15) is 0 Å². The second kappa shape index (κ2) is 8.46. The van der Waals surface area contributed by atoms with Crippen LogP contribution < -0.4 is 10.2 Å². The van der Waals surface area contributed by atoms with Gasteiger partial charge in [0.05, 0.1) is 5.92 Å². The summed E-state index contributed by atoms with van der Waals surface area (Å²) in [5.74, 6) is -0.215. The Morgan fingerprint density at radius 2 is 1.93 bits per heavy atom. The monoisotopic (exact) mass is 380 g/mol. The normalized spacial score (nSPS) is 16.6. The summed E-state index contributed by atoms with van der Waals surface area (Å²) in [6.07, 6.45) is 2.31. The van der Waals surface area contributed by atoms with Gasteiger partial charge in [0, 0.05) is 24.3 Å². The Kier molecular flexibility index (Phi) is 6.02. The molecular formula is C23H28N2O3. The maximum Gasteiger partial charge on any atom is 0.229 e. The number of carbonyl (C=O) groups excluding carboxylic acids is 2. The molecule has 1 aliphatic heterocycles. The highest BCUT2D eigenvalue weighted by atomic mass is 16.3. The minimum atomic E-state index is -0.390. The van der Waals surface area contributed by atoms with Crippen molar-refractivity contribution in [2.45, 2.75) is 46.0 Å². The van der Waals surface area contributed by atoms with Crippen LogP contribution in [-0.2, 0) is 16.0 Å². The van der Waals surface area contributed by atoms with Crippen molar-refractivity contribution < 1.29 is 14.7 Å². The molecule has 3 rings (SSSR count). The lowest BCUT2D eigenvalue weighted by Gasteiger charge is -2.17. The standard InChI is InChI=1S/C23H28N2O3/c1-4-5-16-6-9-19(10-7-16)25-14-17(12-22(25)27)23(28)24-18-8-11-21(26)20(13-18)15(2)3/h6-11,13,15,17,26H,4-5,12,14H2,1-3H3,(H,24,28). The third kappa shape index (κ3) is 4.35. The van der Waals surface area contributed by atoms with Crippen molar-refractivity contribution in [2.75, 3.05) is 16.8 Å². The van der Waals surface area contributed by atoms with Gasteiger partial charge in [0.15, 0.2) is 0 Å². The number of nitrogens with zero attached hydrogens (tertiary/aromatic N) is 1. The quantitative estimate of drug-likeness (QED) is 0.727. The molecule has 0 radical (unpaired) electrons. The molecule has 0 saturated carbocycles. The number of phenols is 1. The van der Waals surface area contributed by atoms with Gasteiger partial charge in [0.25, 0.3) is 0 Å². The first-order chi connectivity index (χ1) is 13.4. The molecule has 1 unspecified atom stereocenters. The van der Waals surface area contributed by atoms with Gasteiger partial charge in [-0.3, -0.25) is 9.59 Å². The second-order valence-electron chi connectivity index (χ2n) is 7.74.